The minimum absolute atomic E-state index is 0.0690. The van der Waals surface area contributed by atoms with Crippen molar-refractivity contribution in [2.45, 2.75) is 18.9 Å². The Hall–Kier alpha value is -1.72. The fraction of sp³-hybridized carbons (Fsp3) is 0.316. The van der Waals surface area contributed by atoms with Gasteiger partial charge in [-0.05, 0) is 71.7 Å². The lowest BCUT2D eigenvalue weighted by Gasteiger charge is -2.28. The molecule has 0 aliphatic carbocycles. The predicted octanol–water partition coefficient (Wildman–Crippen LogP) is 4.16. The summed E-state index contributed by atoms with van der Waals surface area (Å²) in [5.41, 5.74) is 1.66. The highest BCUT2D eigenvalue weighted by Crippen LogP contribution is 2.25. The summed E-state index contributed by atoms with van der Waals surface area (Å²) in [5, 5.41) is 3.03. The van der Waals surface area contributed by atoms with Crippen molar-refractivity contribution in [1.82, 2.24) is 10.2 Å². The van der Waals surface area contributed by atoms with Crippen LogP contribution in [0.4, 0.5) is 4.39 Å². The number of nitrogens with one attached hydrogen (secondary N) is 1. The molecule has 0 spiro atoms. The van der Waals surface area contributed by atoms with Crippen LogP contribution >= 0.6 is 15.9 Å². The lowest BCUT2D eigenvalue weighted by Crippen LogP contribution is -2.36. The SMILES string of the molecule is O=C(NCC(c1ccc(F)cc1)N1CCCC1)c1ccccc1Br. The predicted molar refractivity (Wildman–Crippen MR) is 96.4 cm³/mol. The number of halogens is 2. The zero-order chi connectivity index (χ0) is 16.9. The molecule has 0 radical (unpaired) electrons. The first kappa shape index (κ1) is 17.1. The molecule has 1 aliphatic rings. The zero-order valence-corrected chi connectivity index (χ0v) is 14.9. The number of rotatable bonds is 5. The van der Waals surface area contributed by atoms with Crippen LogP contribution in [-0.2, 0) is 0 Å². The van der Waals surface area contributed by atoms with Gasteiger partial charge in [0.2, 0.25) is 0 Å². The molecule has 3 nitrogen and oxygen atoms in total. The lowest BCUT2D eigenvalue weighted by molar-refractivity contribution is 0.0937. The fourth-order valence-electron chi connectivity index (χ4n) is 3.13. The number of benzene rings is 2. The van der Waals surface area contributed by atoms with Crippen molar-refractivity contribution < 1.29 is 9.18 Å². The molecule has 0 saturated carbocycles. The molecule has 1 atom stereocenters. The van der Waals surface area contributed by atoms with Crippen molar-refractivity contribution in [2.75, 3.05) is 19.6 Å². The van der Waals surface area contributed by atoms with Gasteiger partial charge in [0, 0.05) is 11.0 Å². The van der Waals surface area contributed by atoms with E-state index in [1.54, 1.807) is 6.07 Å². The number of carbonyl (C=O) groups is 1. The van der Waals surface area contributed by atoms with Crippen LogP contribution in [0.2, 0.25) is 0 Å². The standard InChI is InChI=1S/C19H20BrFN2O/c20-17-6-2-1-5-16(17)19(24)22-13-18(23-11-3-4-12-23)14-7-9-15(21)10-8-14/h1-2,5-10,18H,3-4,11-13H2,(H,22,24). The second kappa shape index (κ2) is 7.90. The smallest absolute Gasteiger partial charge is 0.252 e. The summed E-state index contributed by atoms with van der Waals surface area (Å²) in [6.45, 7) is 2.52. The Balaban J connectivity index is 1.73. The van der Waals surface area contributed by atoms with Crippen LogP contribution in [0, 0.1) is 5.82 Å². The molecular formula is C19H20BrFN2O. The van der Waals surface area contributed by atoms with Gasteiger partial charge in [0.25, 0.3) is 5.91 Å². The van der Waals surface area contributed by atoms with Crippen molar-refractivity contribution in [2.24, 2.45) is 0 Å². The van der Waals surface area contributed by atoms with E-state index in [0.717, 1.165) is 36.0 Å². The highest BCUT2D eigenvalue weighted by atomic mass is 79.9. The van der Waals surface area contributed by atoms with Gasteiger partial charge in [0.15, 0.2) is 0 Å². The van der Waals surface area contributed by atoms with Gasteiger partial charge >= 0.3 is 0 Å². The number of likely N-dealkylation sites (tertiary alicyclic amines) is 1. The van der Waals surface area contributed by atoms with E-state index in [1.165, 1.54) is 12.1 Å². The van der Waals surface area contributed by atoms with Gasteiger partial charge in [0.1, 0.15) is 5.82 Å². The van der Waals surface area contributed by atoms with E-state index in [0.29, 0.717) is 12.1 Å². The van der Waals surface area contributed by atoms with Gasteiger partial charge < -0.3 is 5.32 Å². The number of amides is 1. The Morgan fingerprint density at radius 1 is 1.12 bits per heavy atom. The summed E-state index contributed by atoms with van der Waals surface area (Å²) in [5.74, 6) is -0.343. The first-order valence-electron chi connectivity index (χ1n) is 8.17. The molecule has 1 N–H and O–H groups in total. The first-order chi connectivity index (χ1) is 11.6. The molecule has 1 amide bonds. The maximum Gasteiger partial charge on any atom is 0.252 e. The molecule has 2 aromatic rings. The third-order valence-corrected chi connectivity index (χ3v) is 5.10. The molecule has 2 aromatic carbocycles. The monoisotopic (exact) mass is 390 g/mol. The molecule has 1 saturated heterocycles. The summed E-state index contributed by atoms with van der Waals surface area (Å²) in [6, 6.07) is 14.0. The van der Waals surface area contributed by atoms with E-state index in [4.69, 9.17) is 0 Å². The summed E-state index contributed by atoms with van der Waals surface area (Å²) in [7, 11) is 0. The van der Waals surface area contributed by atoms with Crippen LogP contribution in [0.15, 0.2) is 53.0 Å². The molecule has 126 valence electrons. The van der Waals surface area contributed by atoms with Crippen LogP contribution in [0.5, 0.6) is 0 Å². The van der Waals surface area contributed by atoms with E-state index in [9.17, 15) is 9.18 Å². The van der Waals surface area contributed by atoms with E-state index >= 15 is 0 Å². The first-order valence-corrected chi connectivity index (χ1v) is 8.96. The van der Waals surface area contributed by atoms with Crippen LogP contribution < -0.4 is 5.32 Å². The number of hydrogen-bond acceptors (Lipinski definition) is 2. The van der Waals surface area contributed by atoms with Crippen molar-refractivity contribution in [3.8, 4) is 0 Å². The van der Waals surface area contributed by atoms with Crippen molar-refractivity contribution >= 4 is 21.8 Å². The minimum atomic E-state index is -0.240. The number of nitrogens with zero attached hydrogens (tertiary/aromatic N) is 1. The summed E-state index contributed by atoms with van der Waals surface area (Å²) < 4.78 is 14.0. The third kappa shape index (κ3) is 4.02. The second-order valence-electron chi connectivity index (χ2n) is 6.00. The van der Waals surface area contributed by atoms with Gasteiger partial charge in [-0.1, -0.05) is 24.3 Å². The van der Waals surface area contributed by atoms with Gasteiger partial charge in [-0.25, -0.2) is 4.39 Å². The Bertz CT molecular complexity index is 699. The number of hydrogen-bond donors (Lipinski definition) is 1. The summed E-state index contributed by atoms with van der Waals surface area (Å²) in [6.07, 6.45) is 2.33. The van der Waals surface area contributed by atoms with Crippen molar-refractivity contribution in [1.29, 1.82) is 0 Å². The van der Waals surface area contributed by atoms with E-state index in [-0.39, 0.29) is 17.8 Å². The van der Waals surface area contributed by atoms with E-state index < -0.39 is 0 Å². The second-order valence-corrected chi connectivity index (χ2v) is 6.85. The molecule has 3 rings (SSSR count). The molecule has 1 heterocycles. The van der Waals surface area contributed by atoms with Crippen molar-refractivity contribution in [3.05, 3.63) is 69.9 Å². The molecule has 1 fully saturated rings. The number of carbonyl (C=O) groups excluding carboxylic acids is 1. The van der Waals surface area contributed by atoms with Crippen LogP contribution in [-0.4, -0.2) is 30.4 Å². The summed E-state index contributed by atoms with van der Waals surface area (Å²) in [4.78, 5) is 14.8. The Labute approximate surface area is 150 Å². The fourth-order valence-corrected chi connectivity index (χ4v) is 3.59. The average molecular weight is 391 g/mol. The molecule has 0 aromatic heterocycles. The van der Waals surface area contributed by atoms with Crippen LogP contribution in [0.3, 0.4) is 0 Å². The Morgan fingerprint density at radius 3 is 2.46 bits per heavy atom. The van der Waals surface area contributed by atoms with Gasteiger partial charge in [-0.15, -0.1) is 0 Å². The zero-order valence-electron chi connectivity index (χ0n) is 13.3. The quantitative estimate of drug-likeness (QED) is 0.831. The summed E-state index contributed by atoms with van der Waals surface area (Å²) >= 11 is 3.41. The molecular weight excluding hydrogens is 371 g/mol. The van der Waals surface area contributed by atoms with Gasteiger partial charge in [-0.3, -0.25) is 9.69 Å². The lowest BCUT2D eigenvalue weighted by atomic mass is 10.1. The Morgan fingerprint density at radius 2 is 1.79 bits per heavy atom. The van der Waals surface area contributed by atoms with Gasteiger partial charge in [-0.2, -0.15) is 0 Å². The minimum Gasteiger partial charge on any atom is -0.350 e. The Kier molecular flexibility index (Phi) is 5.63. The maximum absolute atomic E-state index is 13.2. The molecule has 24 heavy (non-hydrogen) atoms. The van der Waals surface area contributed by atoms with Gasteiger partial charge in [0.05, 0.1) is 11.6 Å². The topological polar surface area (TPSA) is 32.3 Å². The van der Waals surface area contributed by atoms with E-state index in [1.807, 2.05) is 30.3 Å². The average Bonchev–Trinajstić information content (AvgIpc) is 3.11. The molecule has 0 bridgehead atoms. The van der Waals surface area contributed by atoms with E-state index in [2.05, 4.69) is 26.1 Å². The normalized spacial score (nSPS) is 16.1. The highest BCUT2D eigenvalue weighted by Gasteiger charge is 2.24. The highest BCUT2D eigenvalue weighted by molar-refractivity contribution is 9.10. The van der Waals surface area contributed by atoms with Crippen LogP contribution in [0.1, 0.15) is 34.8 Å². The maximum atomic E-state index is 13.2. The van der Waals surface area contributed by atoms with Crippen LogP contribution in [0.25, 0.3) is 0 Å². The largest absolute Gasteiger partial charge is 0.350 e. The van der Waals surface area contributed by atoms with Crippen molar-refractivity contribution in [3.63, 3.8) is 0 Å². The molecule has 1 aliphatic heterocycles. The molecule has 1 unspecified atom stereocenters. The third-order valence-electron chi connectivity index (χ3n) is 4.41. The molecule has 5 heteroatoms.